The average molecular weight is 601 g/mol. The summed E-state index contributed by atoms with van der Waals surface area (Å²) in [5.74, 6) is -1.36. The van der Waals surface area contributed by atoms with Crippen LogP contribution in [0.5, 0.6) is 11.5 Å². The van der Waals surface area contributed by atoms with Crippen molar-refractivity contribution in [2.24, 2.45) is 0 Å². The van der Waals surface area contributed by atoms with Crippen molar-refractivity contribution in [2.45, 2.75) is 19.5 Å². The number of para-hydroxylation sites is 2. The van der Waals surface area contributed by atoms with Crippen LogP contribution in [0.1, 0.15) is 33.1 Å². The molecular weight excluding hydrogens is 572 g/mol. The van der Waals surface area contributed by atoms with Gasteiger partial charge in [0.1, 0.15) is 12.6 Å². The van der Waals surface area contributed by atoms with Crippen molar-refractivity contribution in [2.75, 3.05) is 23.6 Å². The third kappa shape index (κ3) is 5.06. The minimum atomic E-state index is -1.12. The molecule has 3 amide bonds. The zero-order chi connectivity index (χ0) is 31.1. The first-order chi connectivity index (χ1) is 21.9. The maximum absolute atomic E-state index is 14.5. The molecule has 2 aliphatic rings. The molecule has 0 saturated carbocycles. The first-order valence-electron chi connectivity index (χ1n) is 14.4. The number of benzene rings is 4. The first kappa shape index (κ1) is 27.9. The van der Waals surface area contributed by atoms with Gasteiger partial charge < -0.3 is 24.7 Å². The Balaban J connectivity index is 1.31. The molecule has 10 nitrogen and oxygen atoms in total. The quantitative estimate of drug-likeness (QED) is 0.238. The summed E-state index contributed by atoms with van der Waals surface area (Å²) >= 11 is 0. The summed E-state index contributed by atoms with van der Waals surface area (Å²) in [7, 11) is 0. The number of carbonyl (C=O) groups is 4. The summed E-state index contributed by atoms with van der Waals surface area (Å²) in [6.07, 6.45) is 1.73. The predicted molar refractivity (Wildman–Crippen MR) is 167 cm³/mol. The van der Waals surface area contributed by atoms with Gasteiger partial charge in [-0.1, -0.05) is 54.6 Å². The van der Waals surface area contributed by atoms with Crippen LogP contribution in [0.15, 0.2) is 97.2 Å². The molecule has 10 heteroatoms. The van der Waals surface area contributed by atoms with Crippen LogP contribution < -0.4 is 19.7 Å². The fourth-order valence-electron chi connectivity index (χ4n) is 5.88. The van der Waals surface area contributed by atoms with Crippen molar-refractivity contribution in [3.8, 4) is 11.5 Å². The molecule has 5 aromatic rings. The van der Waals surface area contributed by atoms with Gasteiger partial charge in [0.2, 0.25) is 12.7 Å². The summed E-state index contributed by atoms with van der Waals surface area (Å²) in [6, 6.07) is 25.7. The molecule has 45 heavy (non-hydrogen) atoms. The van der Waals surface area contributed by atoms with Crippen molar-refractivity contribution >= 4 is 45.8 Å². The van der Waals surface area contributed by atoms with E-state index < -0.39 is 36.1 Å². The highest BCUT2D eigenvalue weighted by Crippen LogP contribution is 2.36. The number of rotatable bonds is 8. The Hall–Kier alpha value is -5.90. The Bertz CT molecular complexity index is 2000. The number of carbonyl (C=O) groups excluding carboxylic acids is 4. The molecule has 0 saturated heterocycles. The van der Waals surface area contributed by atoms with Crippen LogP contribution in [0, 0.1) is 6.92 Å². The van der Waals surface area contributed by atoms with E-state index >= 15 is 0 Å². The molecule has 0 aliphatic carbocycles. The molecule has 4 aromatic carbocycles. The average Bonchev–Trinajstić information content (AvgIpc) is 3.76. The third-order valence-corrected chi connectivity index (χ3v) is 8.21. The number of nitrogens with one attached hydrogen (secondary N) is 2. The Morgan fingerprint density at radius 3 is 2.56 bits per heavy atom. The number of fused-ring (bicyclic) bond motifs is 3. The lowest BCUT2D eigenvalue weighted by atomic mass is 10.0. The molecule has 0 fully saturated rings. The number of Topliss-reactive ketones (excluding diaryl/α,β-unsaturated/α-hetero) is 1. The van der Waals surface area contributed by atoms with Crippen molar-refractivity contribution in [3.63, 3.8) is 0 Å². The molecule has 1 unspecified atom stereocenters. The number of nitrogens with zero attached hydrogens (tertiary/aromatic N) is 2. The van der Waals surface area contributed by atoms with Crippen LogP contribution in [0.3, 0.4) is 0 Å². The maximum atomic E-state index is 14.5. The summed E-state index contributed by atoms with van der Waals surface area (Å²) in [5, 5.41) is 3.74. The van der Waals surface area contributed by atoms with E-state index in [0.717, 1.165) is 22.0 Å². The lowest BCUT2D eigenvalue weighted by Gasteiger charge is -2.33. The van der Waals surface area contributed by atoms with Gasteiger partial charge in [-0.05, 0) is 48.4 Å². The minimum absolute atomic E-state index is 0.0713. The number of anilines is 2. The van der Waals surface area contributed by atoms with Crippen LogP contribution in [-0.4, -0.2) is 46.7 Å². The van der Waals surface area contributed by atoms with E-state index in [-0.39, 0.29) is 18.9 Å². The van der Waals surface area contributed by atoms with Gasteiger partial charge >= 0.3 is 0 Å². The number of aryl methyl sites for hydroxylation is 1. The van der Waals surface area contributed by atoms with E-state index in [1.165, 1.54) is 9.80 Å². The van der Waals surface area contributed by atoms with Crippen molar-refractivity contribution < 1.29 is 28.7 Å². The molecule has 0 radical (unpaired) electrons. The standard InChI is InChI=1S/C35H28N4O6/c1-21-8-2-3-9-22(21)18-39(31(40)19-38-28-13-7-5-11-25(28)33(41)35(38)43)32(26-17-36-27-12-6-4-10-24(26)27)34(42)37-23-14-15-29-30(16-23)45-20-44-29/h2-17,32,36H,18-20H2,1H3,(H,37,42). The second kappa shape index (κ2) is 11.3. The van der Waals surface area contributed by atoms with Crippen molar-refractivity contribution in [1.29, 1.82) is 0 Å². The molecule has 0 spiro atoms. The zero-order valence-corrected chi connectivity index (χ0v) is 24.3. The number of aromatic amines is 1. The Morgan fingerprint density at radius 2 is 1.69 bits per heavy atom. The fraction of sp³-hybridized carbons (Fsp3) is 0.143. The lowest BCUT2D eigenvalue weighted by Crippen LogP contribution is -2.46. The summed E-state index contributed by atoms with van der Waals surface area (Å²) < 4.78 is 10.9. The van der Waals surface area contributed by atoms with Gasteiger partial charge in [0.25, 0.3) is 17.6 Å². The van der Waals surface area contributed by atoms with Crippen LogP contribution in [0.2, 0.25) is 0 Å². The first-order valence-corrected chi connectivity index (χ1v) is 14.4. The highest BCUT2D eigenvalue weighted by atomic mass is 16.7. The van der Waals surface area contributed by atoms with E-state index in [9.17, 15) is 19.2 Å². The second-order valence-electron chi connectivity index (χ2n) is 10.9. The number of aromatic nitrogens is 1. The van der Waals surface area contributed by atoms with Crippen LogP contribution in [0.4, 0.5) is 11.4 Å². The highest BCUT2D eigenvalue weighted by molar-refractivity contribution is 6.52. The van der Waals surface area contributed by atoms with E-state index in [4.69, 9.17) is 9.47 Å². The van der Waals surface area contributed by atoms with Gasteiger partial charge in [0, 0.05) is 41.0 Å². The molecule has 7 rings (SSSR count). The number of H-pyrrole nitrogens is 1. The largest absolute Gasteiger partial charge is 0.454 e. The van der Waals surface area contributed by atoms with Gasteiger partial charge in [-0.2, -0.15) is 0 Å². The van der Waals surface area contributed by atoms with Gasteiger partial charge in [-0.3, -0.25) is 24.1 Å². The van der Waals surface area contributed by atoms with Crippen LogP contribution >= 0.6 is 0 Å². The maximum Gasteiger partial charge on any atom is 0.299 e. The van der Waals surface area contributed by atoms with E-state index in [2.05, 4.69) is 10.3 Å². The molecule has 224 valence electrons. The van der Waals surface area contributed by atoms with Crippen molar-refractivity contribution in [1.82, 2.24) is 9.88 Å². The zero-order valence-electron chi connectivity index (χ0n) is 24.3. The monoisotopic (exact) mass is 600 g/mol. The number of ketones is 1. The van der Waals surface area contributed by atoms with Gasteiger partial charge in [-0.25, -0.2) is 0 Å². The van der Waals surface area contributed by atoms with Crippen LogP contribution in [-0.2, 0) is 20.9 Å². The smallest absolute Gasteiger partial charge is 0.299 e. The van der Waals surface area contributed by atoms with Crippen LogP contribution in [0.25, 0.3) is 10.9 Å². The van der Waals surface area contributed by atoms with Gasteiger partial charge in [-0.15, -0.1) is 0 Å². The molecule has 2 aliphatic heterocycles. The summed E-state index contributed by atoms with van der Waals surface area (Å²) in [5.41, 5.74) is 4.21. The van der Waals surface area contributed by atoms with E-state index in [1.54, 1.807) is 48.7 Å². The number of hydrogen-bond donors (Lipinski definition) is 2. The lowest BCUT2D eigenvalue weighted by molar-refractivity contribution is -0.139. The molecule has 2 N–H and O–H groups in total. The fourth-order valence-corrected chi connectivity index (χ4v) is 5.88. The molecule has 3 heterocycles. The predicted octanol–water partition coefficient (Wildman–Crippen LogP) is 5.14. The molecule has 1 aromatic heterocycles. The Morgan fingerprint density at radius 1 is 0.933 bits per heavy atom. The topological polar surface area (TPSA) is 121 Å². The summed E-state index contributed by atoms with van der Waals surface area (Å²) in [6.45, 7) is 1.67. The van der Waals surface area contributed by atoms with E-state index in [1.807, 2.05) is 55.5 Å². The Kier molecular flexibility index (Phi) is 7.01. The Labute approximate surface area is 258 Å². The van der Waals surface area contributed by atoms with Gasteiger partial charge in [0.05, 0.1) is 11.3 Å². The molecular formula is C35H28N4O6. The molecule has 0 bridgehead atoms. The summed E-state index contributed by atoms with van der Waals surface area (Å²) in [4.78, 5) is 60.6. The SMILES string of the molecule is Cc1ccccc1CN(C(=O)CN1C(=O)C(=O)c2ccccc21)C(C(=O)Nc1ccc2c(c1)OCO2)c1c[nH]c2ccccc12. The number of hydrogen-bond acceptors (Lipinski definition) is 6. The highest BCUT2D eigenvalue weighted by Gasteiger charge is 2.40. The third-order valence-electron chi connectivity index (χ3n) is 8.21. The number of ether oxygens (including phenoxy) is 2. The molecule has 1 atom stereocenters. The number of amides is 3. The van der Waals surface area contributed by atoms with E-state index in [0.29, 0.717) is 28.4 Å². The normalized spacial score (nSPS) is 14.0. The van der Waals surface area contributed by atoms with Crippen molar-refractivity contribution in [3.05, 3.63) is 119 Å². The second-order valence-corrected chi connectivity index (χ2v) is 10.9. The minimum Gasteiger partial charge on any atom is -0.454 e. The van der Waals surface area contributed by atoms with Gasteiger partial charge in [0.15, 0.2) is 11.5 Å².